The molecular formula is C39H40Cl2FN5O7. The first kappa shape index (κ1) is 37.5. The van der Waals surface area contributed by atoms with Crippen LogP contribution in [0.1, 0.15) is 77.9 Å². The Morgan fingerprint density at radius 1 is 1.07 bits per heavy atom. The van der Waals surface area contributed by atoms with E-state index in [4.69, 9.17) is 37.4 Å². The maximum atomic E-state index is 15.7. The number of hydrogen-bond donors (Lipinski definition) is 3. The number of rotatable bonds is 11. The molecule has 1 aromatic heterocycles. The summed E-state index contributed by atoms with van der Waals surface area (Å²) in [5.74, 6) is -1.66. The second kappa shape index (κ2) is 14.8. The predicted molar refractivity (Wildman–Crippen MR) is 200 cm³/mol. The van der Waals surface area contributed by atoms with Gasteiger partial charge < -0.3 is 34.1 Å². The highest BCUT2D eigenvalue weighted by molar-refractivity contribution is 6.36. The van der Waals surface area contributed by atoms with Crippen molar-refractivity contribution in [3.05, 3.63) is 92.2 Å². The molecule has 2 aliphatic carbocycles. The lowest BCUT2D eigenvalue weighted by molar-refractivity contribution is -0.140. The van der Waals surface area contributed by atoms with Crippen LogP contribution in [0.4, 0.5) is 14.9 Å². The Bertz CT molecular complexity index is 2170. The number of carbonyl (C=O) groups excluding carboxylic acids is 2. The van der Waals surface area contributed by atoms with E-state index in [1.807, 2.05) is 30.3 Å². The summed E-state index contributed by atoms with van der Waals surface area (Å²) in [4.78, 5) is 43.9. The van der Waals surface area contributed by atoms with E-state index in [0.29, 0.717) is 60.6 Å². The summed E-state index contributed by atoms with van der Waals surface area (Å²) < 4.78 is 34.6. The van der Waals surface area contributed by atoms with Crippen molar-refractivity contribution in [2.45, 2.75) is 76.8 Å². The van der Waals surface area contributed by atoms with E-state index in [-0.39, 0.29) is 47.1 Å². The van der Waals surface area contributed by atoms with Crippen LogP contribution in [0.2, 0.25) is 10.0 Å². The molecule has 0 spiro atoms. The average molecular weight is 781 g/mol. The molecule has 3 aliphatic rings. The SMILES string of the molecule is COc1cc(OC2CCc3c(-c4cccc(NC(=O)c5nc6c(n5C)CCN(C(=O)OC(C)C)C6)c4Cl)cccc32)c(Cl)c(F)c1CNC1(C(=O)O)CC1. The van der Waals surface area contributed by atoms with Crippen molar-refractivity contribution >= 4 is 46.9 Å². The molecule has 54 heavy (non-hydrogen) atoms. The lowest BCUT2D eigenvalue weighted by atomic mass is 9.96. The third-order valence-electron chi connectivity index (χ3n) is 10.3. The minimum absolute atomic E-state index is 0.0731. The van der Waals surface area contributed by atoms with E-state index in [1.165, 1.54) is 13.2 Å². The summed E-state index contributed by atoms with van der Waals surface area (Å²) in [6, 6.07) is 12.7. The van der Waals surface area contributed by atoms with E-state index < -0.39 is 35.4 Å². The van der Waals surface area contributed by atoms with Gasteiger partial charge in [0.05, 0.1) is 36.2 Å². The number of nitrogens with zero attached hydrogens (tertiary/aromatic N) is 3. The van der Waals surface area contributed by atoms with Crippen LogP contribution in [-0.2, 0) is 42.5 Å². The van der Waals surface area contributed by atoms with E-state index in [2.05, 4.69) is 15.6 Å². The fourth-order valence-electron chi connectivity index (χ4n) is 7.22. The standard InChI is InChI=1S/C39H40Cl2FN5O7/c1-20(2)53-38(51)47-16-13-28-27(19-47)44-35(46(28)3)36(48)45-26-10-6-9-24(32(26)40)21-7-5-8-23-22(21)11-12-29(23)54-31-17-30(52-4)25(34(42)33(31)41)18-43-39(14-15-39)37(49)50/h5-10,17,20,29,43H,11-16,18-19H2,1-4H3,(H,45,48)(H,49,50). The van der Waals surface area contributed by atoms with Crippen LogP contribution in [0.25, 0.3) is 11.1 Å². The fraction of sp³-hybridized carbons (Fsp3) is 0.385. The summed E-state index contributed by atoms with van der Waals surface area (Å²) in [6.07, 6.45) is 1.57. The van der Waals surface area contributed by atoms with E-state index in [1.54, 1.807) is 36.4 Å². The number of benzene rings is 3. The zero-order valence-corrected chi connectivity index (χ0v) is 31.7. The van der Waals surface area contributed by atoms with Crippen LogP contribution in [0.3, 0.4) is 0 Å². The number of hydrogen-bond acceptors (Lipinski definition) is 8. The van der Waals surface area contributed by atoms with Gasteiger partial charge in [-0.15, -0.1) is 0 Å². The van der Waals surface area contributed by atoms with Crippen molar-refractivity contribution in [1.82, 2.24) is 19.8 Å². The quantitative estimate of drug-likeness (QED) is 0.141. The summed E-state index contributed by atoms with van der Waals surface area (Å²) >= 11 is 13.5. The third-order valence-corrected chi connectivity index (χ3v) is 11.1. The molecule has 2 heterocycles. The first-order valence-electron chi connectivity index (χ1n) is 17.7. The molecule has 1 fully saturated rings. The monoisotopic (exact) mass is 779 g/mol. The van der Waals surface area contributed by atoms with Gasteiger partial charge in [-0.25, -0.2) is 14.2 Å². The van der Waals surface area contributed by atoms with Gasteiger partial charge >= 0.3 is 12.1 Å². The van der Waals surface area contributed by atoms with Gasteiger partial charge in [-0.1, -0.05) is 53.5 Å². The Labute approximate surface area is 321 Å². The summed E-state index contributed by atoms with van der Waals surface area (Å²) in [6.45, 7) is 4.22. The number of amides is 2. The summed E-state index contributed by atoms with van der Waals surface area (Å²) in [5, 5.41) is 15.5. The maximum Gasteiger partial charge on any atom is 0.410 e. The highest BCUT2D eigenvalue weighted by Gasteiger charge is 2.50. The second-order valence-corrected chi connectivity index (χ2v) is 14.8. The molecule has 1 atom stereocenters. The lowest BCUT2D eigenvalue weighted by Gasteiger charge is -2.26. The van der Waals surface area contributed by atoms with Crippen LogP contribution >= 0.6 is 23.2 Å². The lowest BCUT2D eigenvalue weighted by Crippen LogP contribution is -2.38. The number of methoxy groups -OCH3 is 1. The van der Waals surface area contributed by atoms with Gasteiger partial charge in [-0.2, -0.15) is 0 Å². The number of nitrogens with one attached hydrogen (secondary N) is 2. The van der Waals surface area contributed by atoms with Crippen LogP contribution in [0.5, 0.6) is 11.5 Å². The number of imidazole rings is 1. The normalized spacial score (nSPS) is 16.8. The molecule has 0 bridgehead atoms. The highest BCUT2D eigenvalue weighted by Crippen LogP contribution is 2.46. The number of carboxylic acids is 1. The summed E-state index contributed by atoms with van der Waals surface area (Å²) in [7, 11) is 3.18. The van der Waals surface area contributed by atoms with Crippen molar-refractivity contribution in [1.29, 1.82) is 0 Å². The van der Waals surface area contributed by atoms with E-state index >= 15 is 4.39 Å². The van der Waals surface area contributed by atoms with Crippen molar-refractivity contribution in [3.8, 4) is 22.6 Å². The number of aliphatic carboxylic acids is 1. The van der Waals surface area contributed by atoms with E-state index in [0.717, 1.165) is 22.4 Å². The number of aromatic nitrogens is 2. The zero-order chi connectivity index (χ0) is 38.5. The molecule has 15 heteroatoms. The molecule has 12 nitrogen and oxygen atoms in total. The van der Waals surface area contributed by atoms with Gasteiger partial charge in [-0.05, 0) is 62.3 Å². The highest BCUT2D eigenvalue weighted by atomic mass is 35.5. The molecule has 1 aliphatic heterocycles. The van der Waals surface area contributed by atoms with Gasteiger partial charge in [0.2, 0.25) is 0 Å². The van der Waals surface area contributed by atoms with Gasteiger partial charge in [0, 0.05) is 49.4 Å². The molecular weight excluding hydrogens is 740 g/mol. The van der Waals surface area contributed by atoms with E-state index in [9.17, 15) is 19.5 Å². The topological polar surface area (TPSA) is 144 Å². The molecule has 284 valence electrons. The molecule has 1 unspecified atom stereocenters. The minimum Gasteiger partial charge on any atom is -0.496 e. The Hall–Kier alpha value is -4.85. The van der Waals surface area contributed by atoms with Crippen LogP contribution in [0.15, 0.2) is 42.5 Å². The molecule has 0 radical (unpaired) electrons. The van der Waals surface area contributed by atoms with Crippen molar-refractivity contribution in [3.63, 3.8) is 0 Å². The molecule has 3 N–H and O–H groups in total. The van der Waals surface area contributed by atoms with Crippen LogP contribution in [0, 0.1) is 5.82 Å². The van der Waals surface area contributed by atoms with Gasteiger partial charge in [0.25, 0.3) is 5.91 Å². The average Bonchev–Trinajstić information content (AvgIpc) is 3.73. The predicted octanol–water partition coefficient (Wildman–Crippen LogP) is 7.47. The number of halogens is 3. The zero-order valence-electron chi connectivity index (χ0n) is 30.2. The first-order chi connectivity index (χ1) is 25.8. The molecule has 0 saturated heterocycles. The molecule has 3 aromatic carbocycles. The molecule has 2 amide bonds. The van der Waals surface area contributed by atoms with Crippen molar-refractivity contribution in [2.24, 2.45) is 7.05 Å². The van der Waals surface area contributed by atoms with Gasteiger partial charge in [-0.3, -0.25) is 14.9 Å². The number of fused-ring (bicyclic) bond motifs is 2. The largest absolute Gasteiger partial charge is 0.496 e. The third kappa shape index (κ3) is 6.96. The Kier molecular flexibility index (Phi) is 10.2. The Balaban J connectivity index is 1.09. The number of carbonyl (C=O) groups is 3. The molecule has 1 saturated carbocycles. The van der Waals surface area contributed by atoms with Gasteiger partial charge in [0.1, 0.15) is 28.2 Å². The smallest absolute Gasteiger partial charge is 0.410 e. The number of carboxylic acid groups (broad SMARTS) is 1. The Morgan fingerprint density at radius 3 is 2.52 bits per heavy atom. The first-order valence-corrected chi connectivity index (χ1v) is 18.5. The van der Waals surface area contributed by atoms with Crippen LogP contribution in [-0.4, -0.2) is 62.8 Å². The minimum atomic E-state index is -1.06. The second-order valence-electron chi connectivity index (χ2n) is 14.1. The number of ether oxygens (including phenoxy) is 3. The van der Waals surface area contributed by atoms with Gasteiger partial charge in [0.15, 0.2) is 11.6 Å². The Morgan fingerprint density at radius 2 is 1.81 bits per heavy atom. The molecule has 4 aromatic rings. The van der Waals surface area contributed by atoms with Crippen LogP contribution < -0.4 is 20.1 Å². The van der Waals surface area contributed by atoms with Crippen molar-refractivity contribution < 1.29 is 38.1 Å². The summed E-state index contributed by atoms with van der Waals surface area (Å²) in [5.41, 5.74) is 4.45. The fourth-order valence-corrected chi connectivity index (χ4v) is 7.71. The molecule has 7 rings (SSSR count). The van der Waals surface area contributed by atoms with Crippen molar-refractivity contribution in [2.75, 3.05) is 19.0 Å². The number of anilines is 1. The maximum absolute atomic E-state index is 15.7.